The van der Waals surface area contributed by atoms with E-state index < -0.39 is 21.8 Å². The van der Waals surface area contributed by atoms with Crippen LogP contribution in [0.3, 0.4) is 0 Å². The molecule has 1 fully saturated rings. The van der Waals surface area contributed by atoms with Gasteiger partial charge in [0.15, 0.2) is 9.84 Å². The summed E-state index contributed by atoms with van der Waals surface area (Å²) in [4.78, 5) is 0. The molecule has 1 heterocycles. The maximum atomic E-state index is 12.3. The molecule has 1 aliphatic heterocycles. The van der Waals surface area contributed by atoms with Gasteiger partial charge in [0.05, 0.1) is 16.9 Å². The molecule has 0 amide bonds. The van der Waals surface area contributed by atoms with Gasteiger partial charge in [-0.3, -0.25) is 0 Å². The maximum Gasteiger partial charge on any atom is 0.387 e. The Bertz CT molecular complexity index is 548. The lowest BCUT2D eigenvalue weighted by atomic mass is 9.97. The molecule has 1 aromatic carbocycles. The highest BCUT2D eigenvalue weighted by Crippen LogP contribution is 2.40. The number of halogens is 3. The zero-order valence-electron chi connectivity index (χ0n) is 9.93. The number of ether oxygens (including phenoxy) is 1. The molecule has 19 heavy (non-hydrogen) atoms. The topological polar surface area (TPSA) is 43.4 Å². The van der Waals surface area contributed by atoms with Crippen LogP contribution < -0.4 is 4.74 Å². The predicted molar refractivity (Wildman–Crippen MR) is 68.4 cm³/mol. The van der Waals surface area contributed by atoms with Gasteiger partial charge in [0.2, 0.25) is 0 Å². The highest BCUT2D eigenvalue weighted by Gasteiger charge is 2.34. The van der Waals surface area contributed by atoms with Crippen LogP contribution in [0.1, 0.15) is 17.4 Å². The lowest BCUT2D eigenvalue weighted by molar-refractivity contribution is -0.0505. The minimum Gasteiger partial charge on any atom is -0.434 e. The van der Waals surface area contributed by atoms with Crippen LogP contribution in [-0.2, 0) is 9.84 Å². The Morgan fingerprint density at radius 1 is 1.32 bits per heavy atom. The molecule has 106 valence electrons. The van der Waals surface area contributed by atoms with Crippen LogP contribution in [0.5, 0.6) is 5.75 Å². The molecule has 0 aromatic heterocycles. The van der Waals surface area contributed by atoms with Gasteiger partial charge >= 0.3 is 6.61 Å². The van der Waals surface area contributed by atoms with E-state index in [1.54, 1.807) is 18.2 Å². The number of alkyl halides is 3. The molecule has 1 saturated heterocycles. The van der Waals surface area contributed by atoms with Gasteiger partial charge in [-0.15, -0.1) is 11.6 Å². The molecule has 1 aromatic rings. The third kappa shape index (κ3) is 3.57. The van der Waals surface area contributed by atoms with Crippen molar-refractivity contribution in [3.8, 4) is 5.75 Å². The van der Waals surface area contributed by atoms with E-state index in [4.69, 9.17) is 11.6 Å². The number of para-hydroxylation sites is 1. The fourth-order valence-corrected chi connectivity index (χ4v) is 4.56. The summed E-state index contributed by atoms with van der Waals surface area (Å²) in [6, 6.07) is 6.21. The summed E-state index contributed by atoms with van der Waals surface area (Å²) in [6.45, 7) is -2.93. The number of benzene rings is 1. The first kappa shape index (κ1) is 14.5. The number of rotatable bonds is 4. The first-order valence-corrected chi connectivity index (χ1v) is 8.03. The third-order valence-electron chi connectivity index (χ3n) is 3.11. The van der Waals surface area contributed by atoms with Crippen LogP contribution >= 0.6 is 11.6 Å². The molecule has 2 unspecified atom stereocenters. The van der Waals surface area contributed by atoms with Crippen molar-refractivity contribution in [1.29, 1.82) is 0 Å². The average Bonchev–Trinajstić information content (AvgIpc) is 2.69. The van der Waals surface area contributed by atoms with Gasteiger partial charge in [-0.25, -0.2) is 8.42 Å². The van der Waals surface area contributed by atoms with Crippen molar-refractivity contribution in [2.45, 2.75) is 18.4 Å². The van der Waals surface area contributed by atoms with Crippen LogP contribution in [-0.4, -0.2) is 26.5 Å². The molecule has 0 bridgehead atoms. The minimum absolute atomic E-state index is 0.00166. The van der Waals surface area contributed by atoms with Crippen molar-refractivity contribution in [1.82, 2.24) is 0 Å². The molecule has 0 saturated carbocycles. The summed E-state index contributed by atoms with van der Waals surface area (Å²) in [5.41, 5.74) is 0.409. The second kappa shape index (κ2) is 5.63. The lowest BCUT2D eigenvalue weighted by Crippen LogP contribution is -2.12. The molecule has 2 rings (SSSR count). The van der Waals surface area contributed by atoms with Gasteiger partial charge < -0.3 is 4.74 Å². The van der Waals surface area contributed by atoms with Crippen molar-refractivity contribution in [2.24, 2.45) is 5.92 Å². The predicted octanol–water partition coefficient (Wildman–Crippen LogP) is 3.00. The number of hydrogen-bond acceptors (Lipinski definition) is 3. The summed E-state index contributed by atoms with van der Waals surface area (Å²) < 4.78 is 51.9. The molecule has 2 atom stereocenters. The molecule has 7 heteroatoms. The maximum absolute atomic E-state index is 12.3. The summed E-state index contributed by atoms with van der Waals surface area (Å²) in [6.07, 6.45) is 0.444. The zero-order valence-corrected chi connectivity index (χ0v) is 11.5. The van der Waals surface area contributed by atoms with Crippen LogP contribution in [0.2, 0.25) is 0 Å². The Kier molecular flexibility index (Phi) is 4.30. The molecule has 0 radical (unpaired) electrons. The molecule has 0 N–H and O–H groups in total. The van der Waals surface area contributed by atoms with Gasteiger partial charge in [-0.1, -0.05) is 18.2 Å². The van der Waals surface area contributed by atoms with Crippen molar-refractivity contribution < 1.29 is 21.9 Å². The average molecular weight is 311 g/mol. The molecular weight excluding hydrogens is 298 g/mol. The second-order valence-corrected chi connectivity index (χ2v) is 7.18. The first-order valence-electron chi connectivity index (χ1n) is 5.77. The summed E-state index contributed by atoms with van der Waals surface area (Å²) in [5, 5.41) is -0.646. The fraction of sp³-hybridized carbons (Fsp3) is 0.500. The third-order valence-corrected chi connectivity index (χ3v) is 5.50. The smallest absolute Gasteiger partial charge is 0.387 e. The summed E-state index contributed by atoms with van der Waals surface area (Å²) in [7, 11) is -3.06. The Morgan fingerprint density at radius 3 is 2.58 bits per heavy atom. The summed E-state index contributed by atoms with van der Waals surface area (Å²) >= 11 is 6.24. The van der Waals surface area contributed by atoms with Gasteiger partial charge in [0.25, 0.3) is 0 Å². The van der Waals surface area contributed by atoms with E-state index in [2.05, 4.69) is 4.74 Å². The SMILES string of the molecule is O=S1(=O)CCC(C(Cl)c2ccccc2OC(F)F)C1. The lowest BCUT2D eigenvalue weighted by Gasteiger charge is -2.19. The van der Waals surface area contributed by atoms with Gasteiger partial charge in [-0.05, 0) is 18.4 Å². The van der Waals surface area contributed by atoms with E-state index in [0.29, 0.717) is 12.0 Å². The second-order valence-electron chi connectivity index (χ2n) is 4.48. The van der Waals surface area contributed by atoms with Crippen LogP contribution in [0.15, 0.2) is 24.3 Å². The molecule has 0 aliphatic carbocycles. The highest BCUT2D eigenvalue weighted by atomic mass is 35.5. The van der Waals surface area contributed by atoms with E-state index in [0.717, 1.165) is 0 Å². The van der Waals surface area contributed by atoms with Gasteiger partial charge in [-0.2, -0.15) is 8.78 Å². The summed E-state index contributed by atoms with van der Waals surface area (Å²) in [5.74, 6) is -0.181. The minimum atomic E-state index is -3.06. The van der Waals surface area contributed by atoms with Crippen molar-refractivity contribution >= 4 is 21.4 Å². The van der Waals surface area contributed by atoms with E-state index >= 15 is 0 Å². The quantitative estimate of drug-likeness (QED) is 0.803. The van der Waals surface area contributed by atoms with Crippen LogP contribution in [0, 0.1) is 5.92 Å². The highest BCUT2D eigenvalue weighted by molar-refractivity contribution is 7.91. The van der Waals surface area contributed by atoms with E-state index in [1.807, 2.05) is 0 Å². The largest absolute Gasteiger partial charge is 0.434 e. The Morgan fingerprint density at radius 2 is 2.00 bits per heavy atom. The van der Waals surface area contributed by atoms with E-state index in [1.165, 1.54) is 6.07 Å². The van der Waals surface area contributed by atoms with Gasteiger partial charge in [0, 0.05) is 5.56 Å². The zero-order chi connectivity index (χ0) is 14.0. The first-order chi connectivity index (χ1) is 8.89. The monoisotopic (exact) mass is 310 g/mol. The number of sulfone groups is 1. The van der Waals surface area contributed by atoms with Crippen LogP contribution in [0.4, 0.5) is 8.78 Å². The van der Waals surface area contributed by atoms with Crippen molar-refractivity contribution in [2.75, 3.05) is 11.5 Å². The Hall–Kier alpha value is -0.880. The molecular formula is C12H13ClF2O3S. The van der Waals surface area contributed by atoms with E-state index in [9.17, 15) is 17.2 Å². The van der Waals surface area contributed by atoms with Crippen LogP contribution in [0.25, 0.3) is 0 Å². The molecule has 1 aliphatic rings. The van der Waals surface area contributed by atoms with E-state index in [-0.39, 0.29) is 23.2 Å². The van der Waals surface area contributed by atoms with Crippen molar-refractivity contribution in [3.05, 3.63) is 29.8 Å². The van der Waals surface area contributed by atoms with Crippen molar-refractivity contribution in [3.63, 3.8) is 0 Å². The Balaban J connectivity index is 2.22. The normalized spacial score (nSPS) is 23.5. The molecule has 3 nitrogen and oxygen atoms in total. The fourth-order valence-electron chi connectivity index (χ4n) is 2.22. The van der Waals surface area contributed by atoms with Gasteiger partial charge in [0.1, 0.15) is 5.75 Å². The molecule has 0 spiro atoms. The number of hydrogen-bond donors (Lipinski definition) is 0. The standard InChI is InChI=1S/C12H13ClF2O3S/c13-11(8-5-6-19(16,17)7-8)9-3-1-2-4-10(9)18-12(14)15/h1-4,8,11-12H,5-7H2. The Labute approximate surface area is 115 Å².